The van der Waals surface area contributed by atoms with Crippen molar-refractivity contribution in [3.8, 4) is 0 Å². The summed E-state index contributed by atoms with van der Waals surface area (Å²) in [4.78, 5) is 2.47. The van der Waals surface area contributed by atoms with Crippen LogP contribution in [0.15, 0.2) is 18.2 Å². The van der Waals surface area contributed by atoms with Crippen molar-refractivity contribution in [1.82, 2.24) is 10.2 Å². The van der Waals surface area contributed by atoms with Gasteiger partial charge in [-0.1, -0.05) is 19.4 Å². The lowest BCUT2D eigenvalue weighted by Gasteiger charge is -2.41. The van der Waals surface area contributed by atoms with E-state index in [1.54, 1.807) is 6.07 Å². The molecule has 4 heteroatoms. The smallest absolute Gasteiger partial charge is 0.159 e. The van der Waals surface area contributed by atoms with Crippen LogP contribution in [-0.4, -0.2) is 30.1 Å². The first kappa shape index (κ1) is 14.9. The molecule has 1 saturated heterocycles. The van der Waals surface area contributed by atoms with Gasteiger partial charge in [-0.15, -0.1) is 0 Å². The Morgan fingerprint density at radius 2 is 2.05 bits per heavy atom. The Balaban J connectivity index is 1.70. The molecular formula is C17H24F2N2. The van der Waals surface area contributed by atoms with Gasteiger partial charge in [-0.2, -0.15) is 0 Å². The van der Waals surface area contributed by atoms with Crippen LogP contribution < -0.4 is 5.32 Å². The summed E-state index contributed by atoms with van der Waals surface area (Å²) < 4.78 is 26.4. The Bertz CT molecular complexity index is 488. The van der Waals surface area contributed by atoms with Crippen LogP contribution in [-0.2, 0) is 6.54 Å². The fraction of sp³-hybridized carbons (Fsp3) is 0.647. The molecule has 21 heavy (non-hydrogen) atoms. The molecule has 1 heterocycles. The molecule has 1 aliphatic carbocycles. The lowest BCUT2D eigenvalue weighted by atomic mass is 10.0. The molecular weight excluding hydrogens is 270 g/mol. The van der Waals surface area contributed by atoms with E-state index in [4.69, 9.17) is 0 Å². The summed E-state index contributed by atoms with van der Waals surface area (Å²) in [5, 5.41) is 3.65. The third-order valence-corrected chi connectivity index (χ3v) is 4.71. The second-order valence-corrected chi connectivity index (χ2v) is 6.48. The van der Waals surface area contributed by atoms with Gasteiger partial charge in [0.15, 0.2) is 11.6 Å². The molecule has 0 aromatic heterocycles. The summed E-state index contributed by atoms with van der Waals surface area (Å²) in [7, 11) is 0. The van der Waals surface area contributed by atoms with Gasteiger partial charge in [0, 0.05) is 31.7 Å². The van der Waals surface area contributed by atoms with Gasteiger partial charge in [0.1, 0.15) is 0 Å². The summed E-state index contributed by atoms with van der Waals surface area (Å²) in [6.45, 7) is 4.96. The van der Waals surface area contributed by atoms with Gasteiger partial charge >= 0.3 is 0 Å². The Kier molecular flexibility index (Phi) is 4.55. The predicted octanol–water partition coefficient (Wildman–Crippen LogP) is 3.32. The summed E-state index contributed by atoms with van der Waals surface area (Å²) in [6, 6.07) is 5.36. The fourth-order valence-corrected chi connectivity index (χ4v) is 3.44. The molecule has 1 aromatic rings. The minimum absolute atomic E-state index is 0.523. The van der Waals surface area contributed by atoms with Crippen LogP contribution in [0, 0.1) is 17.6 Å². The van der Waals surface area contributed by atoms with Crippen LogP contribution in [0.4, 0.5) is 8.78 Å². The molecule has 3 rings (SSSR count). The predicted molar refractivity (Wildman–Crippen MR) is 80.0 cm³/mol. The maximum atomic E-state index is 13.4. The van der Waals surface area contributed by atoms with Gasteiger partial charge in [0.25, 0.3) is 0 Å². The van der Waals surface area contributed by atoms with E-state index in [1.165, 1.54) is 37.8 Å². The van der Waals surface area contributed by atoms with E-state index in [0.717, 1.165) is 31.1 Å². The molecule has 0 spiro atoms. The van der Waals surface area contributed by atoms with E-state index in [-0.39, 0.29) is 0 Å². The van der Waals surface area contributed by atoms with Gasteiger partial charge in [0.05, 0.1) is 0 Å². The quantitative estimate of drug-likeness (QED) is 0.896. The van der Waals surface area contributed by atoms with Crippen LogP contribution >= 0.6 is 0 Å². The van der Waals surface area contributed by atoms with E-state index in [9.17, 15) is 8.78 Å². The molecule has 2 aliphatic rings. The number of hydrogen-bond donors (Lipinski definition) is 1. The van der Waals surface area contributed by atoms with Crippen molar-refractivity contribution < 1.29 is 8.78 Å². The average Bonchev–Trinajstić information content (AvgIpc) is 3.28. The molecule has 1 N–H and O–H groups in total. The second kappa shape index (κ2) is 6.41. The first-order valence-electron chi connectivity index (χ1n) is 8.08. The van der Waals surface area contributed by atoms with E-state index >= 15 is 0 Å². The Labute approximate surface area is 125 Å². The van der Waals surface area contributed by atoms with Crippen LogP contribution in [0.3, 0.4) is 0 Å². The number of rotatable bonds is 5. The maximum Gasteiger partial charge on any atom is 0.159 e. The molecule has 0 amide bonds. The number of benzene rings is 1. The number of piperazine rings is 1. The average molecular weight is 294 g/mol. The second-order valence-electron chi connectivity index (χ2n) is 6.48. The molecule has 2 fully saturated rings. The molecule has 1 saturated carbocycles. The highest BCUT2D eigenvalue weighted by molar-refractivity contribution is 5.18. The zero-order chi connectivity index (χ0) is 14.8. The SMILES string of the molecule is CCCC1CN(Cc2ccc(F)c(F)c2)C(C2CC2)CN1. The molecule has 2 nitrogen and oxygen atoms in total. The van der Waals surface area contributed by atoms with Crippen LogP contribution in [0.1, 0.15) is 38.2 Å². The summed E-state index contributed by atoms with van der Waals surface area (Å²) in [6.07, 6.45) is 4.95. The number of nitrogens with zero attached hydrogens (tertiary/aromatic N) is 1. The number of nitrogens with one attached hydrogen (secondary N) is 1. The Morgan fingerprint density at radius 3 is 2.71 bits per heavy atom. The minimum Gasteiger partial charge on any atom is -0.311 e. The molecule has 2 atom stereocenters. The lowest BCUT2D eigenvalue weighted by molar-refractivity contribution is 0.104. The Hall–Kier alpha value is -1.00. The van der Waals surface area contributed by atoms with Crippen LogP contribution in [0.5, 0.6) is 0 Å². The van der Waals surface area contributed by atoms with Gasteiger partial charge in [-0.3, -0.25) is 4.90 Å². The van der Waals surface area contributed by atoms with E-state index in [0.29, 0.717) is 12.1 Å². The third kappa shape index (κ3) is 3.61. The normalized spacial score (nSPS) is 27.0. The molecule has 0 radical (unpaired) electrons. The highest BCUT2D eigenvalue weighted by atomic mass is 19.2. The van der Waals surface area contributed by atoms with Crippen molar-refractivity contribution in [2.24, 2.45) is 5.92 Å². The first-order valence-corrected chi connectivity index (χ1v) is 8.08. The standard InChI is InChI=1S/C17H24F2N2/c1-2-3-14-11-21(17(9-20-14)13-5-6-13)10-12-4-7-15(18)16(19)8-12/h4,7-8,13-14,17,20H,2-3,5-6,9-11H2,1H3. The number of halogens is 2. The zero-order valence-corrected chi connectivity index (χ0v) is 12.6. The van der Waals surface area contributed by atoms with Gasteiger partial charge in [0.2, 0.25) is 0 Å². The van der Waals surface area contributed by atoms with Crippen molar-refractivity contribution in [1.29, 1.82) is 0 Å². The van der Waals surface area contributed by atoms with Crippen molar-refractivity contribution in [2.75, 3.05) is 13.1 Å². The summed E-state index contributed by atoms with van der Waals surface area (Å²) >= 11 is 0. The van der Waals surface area contributed by atoms with Gasteiger partial charge in [-0.25, -0.2) is 8.78 Å². The van der Waals surface area contributed by atoms with Crippen molar-refractivity contribution >= 4 is 0 Å². The van der Waals surface area contributed by atoms with Crippen molar-refractivity contribution in [3.05, 3.63) is 35.4 Å². The van der Waals surface area contributed by atoms with Gasteiger partial charge < -0.3 is 5.32 Å². The highest BCUT2D eigenvalue weighted by Crippen LogP contribution is 2.37. The first-order chi connectivity index (χ1) is 10.2. The highest BCUT2D eigenvalue weighted by Gasteiger charge is 2.38. The van der Waals surface area contributed by atoms with Crippen molar-refractivity contribution in [2.45, 2.75) is 51.2 Å². The van der Waals surface area contributed by atoms with Crippen LogP contribution in [0.25, 0.3) is 0 Å². The molecule has 1 aromatic carbocycles. The fourth-order valence-electron chi connectivity index (χ4n) is 3.44. The summed E-state index contributed by atoms with van der Waals surface area (Å²) in [5.74, 6) is -0.720. The maximum absolute atomic E-state index is 13.4. The summed E-state index contributed by atoms with van der Waals surface area (Å²) in [5.41, 5.74) is 0.872. The van der Waals surface area contributed by atoms with Gasteiger partial charge in [-0.05, 0) is 42.9 Å². The molecule has 0 bridgehead atoms. The zero-order valence-electron chi connectivity index (χ0n) is 12.6. The number of hydrogen-bond acceptors (Lipinski definition) is 2. The van der Waals surface area contributed by atoms with Crippen molar-refractivity contribution in [3.63, 3.8) is 0 Å². The van der Waals surface area contributed by atoms with E-state index < -0.39 is 11.6 Å². The van der Waals surface area contributed by atoms with E-state index in [1.807, 2.05) is 0 Å². The Morgan fingerprint density at radius 1 is 1.24 bits per heavy atom. The van der Waals surface area contributed by atoms with Crippen LogP contribution in [0.2, 0.25) is 0 Å². The third-order valence-electron chi connectivity index (χ3n) is 4.71. The molecule has 2 unspecified atom stereocenters. The monoisotopic (exact) mass is 294 g/mol. The minimum atomic E-state index is -0.762. The molecule has 1 aliphatic heterocycles. The lowest BCUT2D eigenvalue weighted by Crippen LogP contribution is -2.56. The topological polar surface area (TPSA) is 15.3 Å². The molecule has 116 valence electrons. The largest absolute Gasteiger partial charge is 0.311 e. The van der Waals surface area contributed by atoms with E-state index in [2.05, 4.69) is 17.1 Å².